The van der Waals surface area contributed by atoms with Crippen LogP contribution < -0.4 is 20.7 Å². The van der Waals surface area contributed by atoms with Gasteiger partial charge in [-0.05, 0) is 49.2 Å². The molecule has 1 amide bonds. The average molecular weight is 474 g/mol. The van der Waals surface area contributed by atoms with Crippen molar-refractivity contribution in [2.24, 2.45) is 0 Å². The third-order valence-corrected chi connectivity index (χ3v) is 5.91. The van der Waals surface area contributed by atoms with Crippen LogP contribution in [-0.4, -0.2) is 44.2 Å². The maximum Gasteiger partial charge on any atom is 0.338 e. The maximum atomic E-state index is 12.7. The van der Waals surface area contributed by atoms with E-state index in [1.165, 1.54) is 11.1 Å². The Hall–Kier alpha value is -3.84. The first-order chi connectivity index (χ1) is 17.0. The third-order valence-electron chi connectivity index (χ3n) is 5.91. The van der Waals surface area contributed by atoms with Crippen LogP contribution in [0, 0.1) is 13.8 Å². The average Bonchev–Trinajstić information content (AvgIpc) is 3.25. The summed E-state index contributed by atoms with van der Waals surface area (Å²) in [5.74, 6) is 0.171. The van der Waals surface area contributed by atoms with Crippen molar-refractivity contribution in [3.63, 3.8) is 0 Å². The minimum atomic E-state index is -0.510. The highest BCUT2D eigenvalue weighted by atomic mass is 16.6. The van der Waals surface area contributed by atoms with E-state index in [1.807, 2.05) is 30.3 Å². The largest absolute Gasteiger partial charge is 0.489 e. The Morgan fingerprint density at radius 1 is 0.971 bits per heavy atom. The second kappa shape index (κ2) is 11.5. The number of amides is 1. The van der Waals surface area contributed by atoms with E-state index in [0.717, 1.165) is 23.5 Å². The number of ether oxygens (including phenoxy) is 2. The maximum absolute atomic E-state index is 12.7. The smallest absolute Gasteiger partial charge is 0.338 e. The summed E-state index contributed by atoms with van der Waals surface area (Å²) in [6.07, 6.45) is -0.230. The standard InChI is InChI=1S/C28H31N3O4/c1-19-8-6-9-20(2)27(19)30-15-14-29-17-22(35-28(33)21-10-4-3-5-11-21)18-34-25-13-7-12-24-23(25)16-26(32)31-24/h3-13,22,29-30H,14-18H2,1-2H3,(H,31,32). The van der Waals surface area contributed by atoms with Crippen LogP contribution in [0.1, 0.15) is 27.0 Å². The first kappa shape index (κ1) is 24.3. The molecular weight excluding hydrogens is 442 g/mol. The van der Waals surface area contributed by atoms with Crippen molar-refractivity contribution in [2.45, 2.75) is 26.4 Å². The summed E-state index contributed by atoms with van der Waals surface area (Å²) in [5.41, 5.74) is 5.64. The van der Waals surface area contributed by atoms with Crippen LogP contribution >= 0.6 is 0 Å². The van der Waals surface area contributed by atoms with Gasteiger partial charge in [-0.3, -0.25) is 4.79 Å². The zero-order valence-corrected chi connectivity index (χ0v) is 20.1. The molecule has 4 rings (SSSR count). The molecule has 7 nitrogen and oxygen atoms in total. The van der Waals surface area contributed by atoms with Gasteiger partial charge in [0.1, 0.15) is 18.5 Å². The summed E-state index contributed by atoms with van der Waals surface area (Å²) in [7, 11) is 0. The molecule has 35 heavy (non-hydrogen) atoms. The number of benzene rings is 3. The third kappa shape index (κ3) is 6.39. The van der Waals surface area contributed by atoms with Gasteiger partial charge in [-0.15, -0.1) is 0 Å². The lowest BCUT2D eigenvalue weighted by atomic mass is 10.1. The second-order valence-electron chi connectivity index (χ2n) is 8.61. The van der Waals surface area contributed by atoms with E-state index in [0.29, 0.717) is 24.4 Å². The van der Waals surface area contributed by atoms with Crippen LogP contribution in [0.5, 0.6) is 5.75 Å². The highest BCUT2D eigenvalue weighted by Gasteiger charge is 2.23. The van der Waals surface area contributed by atoms with E-state index in [9.17, 15) is 9.59 Å². The first-order valence-electron chi connectivity index (χ1n) is 11.8. The summed E-state index contributed by atoms with van der Waals surface area (Å²) < 4.78 is 11.8. The van der Waals surface area contributed by atoms with Gasteiger partial charge < -0.3 is 25.4 Å². The number of anilines is 2. The Kier molecular flexibility index (Phi) is 8.00. The molecule has 3 N–H and O–H groups in total. The fourth-order valence-corrected chi connectivity index (χ4v) is 4.10. The predicted molar refractivity (Wildman–Crippen MR) is 137 cm³/mol. The van der Waals surface area contributed by atoms with Crippen molar-refractivity contribution in [1.29, 1.82) is 0 Å². The van der Waals surface area contributed by atoms with E-state index < -0.39 is 12.1 Å². The zero-order valence-electron chi connectivity index (χ0n) is 20.1. The number of rotatable bonds is 11. The Balaban J connectivity index is 1.35. The van der Waals surface area contributed by atoms with Gasteiger partial charge in [0.15, 0.2) is 0 Å². The van der Waals surface area contributed by atoms with Crippen LogP contribution in [0.4, 0.5) is 11.4 Å². The molecule has 0 saturated heterocycles. The molecule has 0 fully saturated rings. The zero-order chi connectivity index (χ0) is 24.6. The highest BCUT2D eigenvalue weighted by Crippen LogP contribution is 2.31. The van der Waals surface area contributed by atoms with Gasteiger partial charge >= 0.3 is 5.97 Å². The van der Waals surface area contributed by atoms with Gasteiger partial charge in [-0.2, -0.15) is 0 Å². The molecule has 0 aliphatic carbocycles. The Bertz CT molecular complexity index is 1160. The predicted octanol–water partition coefficient (Wildman–Crippen LogP) is 4.10. The van der Waals surface area contributed by atoms with Gasteiger partial charge in [0.05, 0.1) is 12.0 Å². The number of hydrogen-bond acceptors (Lipinski definition) is 6. The lowest BCUT2D eigenvalue weighted by Gasteiger charge is -2.20. The Morgan fingerprint density at radius 3 is 2.49 bits per heavy atom. The van der Waals surface area contributed by atoms with Gasteiger partial charge in [0, 0.05) is 36.6 Å². The number of esters is 1. The summed E-state index contributed by atoms with van der Waals surface area (Å²) in [6, 6.07) is 20.6. The number of aryl methyl sites for hydroxylation is 2. The van der Waals surface area contributed by atoms with E-state index in [2.05, 4.69) is 41.9 Å². The number of para-hydroxylation sites is 1. The summed E-state index contributed by atoms with van der Waals surface area (Å²) in [4.78, 5) is 24.5. The van der Waals surface area contributed by atoms with Crippen molar-refractivity contribution in [1.82, 2.24) is 5.32 Å². The minimum Gasteiger partial charge on any atom is -0.489 e. The van der Waals surface area contributed by atoms with Crippen molar-refractivity contribution >= 4 is 23.3 Å². The topological polar surface area (TPSA) is 88.7 Å². The Labute approximate surface area is 205 Å². The van der Waals surface area contributed by atoms with Crippen LogP contribution in [-0.2, 0) is 16.0 Å². The van der Waals surface area contributed by atoms with E-state index in [-0.39, 0.29) is 18.9 Å². The molecule has 3 aromatic rings. The fraction of sp³-hybridized carbons (Fsp3) is 0.286. The molecule has 3 aromatic carbocycles. The quantitative estimate of drug-likeness (QED) is 0.287. The molecule has 1 heterocycles. The molecule has 182 valence electrons. The molecule has 0 bridgehead atoms. The van der Waals surface area contributed by atoms with Gasteiger partial charge in [-0.1, -0.05) is 42.5 Å². The Morgan fingerprint density at radius 2 is 1.71 bits per heavy atom. The molecule has 1 atom stereocenters. The van der Waals surface area contributed by atoms with Crippen molar-refractivity contribution < 1.29 is 19.1 Å². The molecule has 1 aliphatic rings. The van der Waals surface area contributed by atoms with E-state index in [1.54, 1.807) is 24.3 Å². The number of carbonyl (C=O) groups is 2. The first-order valence-corrected chi connectivity index (χ1v) is 11.8. The normalized spacial score (nSPS) is 13.0. The van der Waals surface area contributed by atoms with Crippen molar-refractivity contribution in [3.05, 3.63) is 89.0 Å². The molecular formula is C28H31N3O4. The monoisotopic (exact) mass is 473 g/mol. The van der Waals surface area contributed by atoms with Crippen molar-refractivity contribution in [2.75, 3.05) is 36.9 Å². The van der Waals surface area contributed by atoms with Gasteiger partial charge in [-0.25, -0.2) is 4.79 Å². The summed E-state index contributed by atoms with van der Waals surface area (Å²) >= 11 is 0. The molecule has 1 unspecified atom stereocenters. The van der Waals surface area contributed by atoms with E-state index >= 15 is 0 Å². The molecule has 0 saturated carbocycles. The summed E-state index contributed by atoms with van der Waals surface area (Å²) in [6.45, 7) is 6.18. The number of carbonyl (C=O) groups excluding carboxylic acids is 2. The molecule has 0 spiro atoms. The van der Waals surface area contributed by atoms with Crippen LogP contribution in [0.2, 0.25) is 0 Å². The SMILES string of the molecule is Cc1cccc(C)c1NCCNCC(COc1cccc2c1CC(=O)N2)OC(=O)c1ccccc1. The highest BCUT2D eigenvalue weighted by molar-refractivity contribution is 6.00. The number of nitrogens with one attached hydrogen (secondary N) is 3. The fourth-order valence-electron chi connectivity index (χ4n) is 4.10. The van der Waals surface area contributed by atoms with Crippen LogP contribution in [0.15, 0.2) is 66.7 Å². The second-order valence-corrected chi connectivity index (χ2v) is 8.61. The van der Waals surface area contributed by atoms with Crippen LogP contribution in [0.25, 0.3) is 0 Å². The van der Waals surface area contributed by atoms with Gasteiger partial charge in [0.2, 0.25) is 5.91 Å². The molecule has 0 radical (unpaired) electrons. The molecule has 1 aliphatic heterocycles. The van der Waals surface area contributed by atoms with Crippen molar-refractivity contribution in [3.8, 4) is 5.75 Å². The molecule has 7 heteroatoms. The lowest BCUT2D eigenvalue weighted by molar-refractivity contribution is -0.115. The van der Waals surface area contributed by atoms with E-state index in [4.69, 9.17) is 9.47 Å². The number of fused-ring (bicyclic) bond motifs is 1. The summed E-state index contributed by atoms with van der Waals surface area (Å²) in [5, 5.41) is 9.66. The number of hydrogen-bond donors (Lipinski definition) is 3. The van der Waals surface area contributed by atoms with Gasteiger partial charge in [0.25, 0.3) is 0 Å². The van der Waals surface area contributed by atoms with Crippen LogP contribution in [0.3, 0.4) is 0 Å². The molecule has 0 aromatic heterocycles. The minimum absolute atomic E-state index is 0.0545. The lowest BCUT2D eigenvalue weighted by Crippen LogP contribution is -2.37.